The van der Waals surface area contributed by atoms with E-state index in [1.54, 1.807) is 0 Å². The predicted octanol–water partition coefficient (Wildman–Crippen LogP) is 0.885. The van der Waals surface area contributed by atoms with Gasteiger partial charge in [-0.05, 0) is 39.0 Å². The highest BCUT2D eigenvalue weighted by Crippen LogP contribution is 2.32. The van der Waals surface area contributed by atoms with E-state index in [2.05, 4.69) is 0 Å². The Balaban J connectivity index is 2.45. The van der Waals surface area contributed by atoms with Gasteiger partial charge in [-0.15, -0.1) is 0 Å². The number of hydrogen-bond donors (Lipinski definition) is 2. The van der Waals surface area contributed by atoms with Crippen molar-refractivity contribution >= 4 is 0 Å². The van der Waals surface area contributed by atoms with E-state index >= 15 is 0 Å². The highest BCUT2D eigenvalue weighted by Gasteiger charge is 2.32. The molecule has 2 atom stereocenters. The van der Waals surface area contributed by atoms with E-state index in [0.29, 0.717) is 12.0 Å². The summed E-state index contributed by atoms with van der Waals surface area (Å²) in [6, 6.07) is 0.330. The zero-order valence-corrected chi connectivity index (χ0v) is 6.80. The van der Waals surface area contributed by atoms with Crippen LogP contribution in [0.4, 0.5) is 0 Å². The maximum Gasteiger partial charge on any atom is 0.0620 e. The van der Waals surface area contributed by atoms with Crippen molar-refractivity contribution in [2.75, 3.05) is 0 Å². The van der Waals surface area contributed by atoms with Gasteiger partial charge in [0.25, 0.3) is 0 Å². The third-order valence-corrected chi connectivity index (χ3v) is 2.47. The highest BCUT2D eigenvalue weighted by atomic mass is 16.3. The van der Waals surface area contributed by atoms with Crippen LogP contribution in [0.1, 0.15) is 33.1 Å². The lowest BCUT2D eigenvalue weighted by molar-refractivity contribution is 0.0195. The first kappa shape index (κ1) is 8.02. The molecule has 1 saturated carbocycles. The van der Waals surface area contributed by atoms with Crippen LogP contribution in [0.5, 0.6) is 0 Å². The van der Waals surface area contributed by atoms with Gasteiger partial charge in [0.1, 0.15) is 0 Å². The zero-order valence-electron chi connectivity index (χ0n) is 6.80. The molecule has 0 aliphatic heterocycles. The van der Waals surface area contributed by atoms with Crippen LogP contribution in [0.2, 0.25) is 0 Å². The van der Waals surface area contributed by atoms with Gasteiger partial charge in [0, 0.05) is 6.04 Å². The molecule has 0 heterocycles. The van der Waals surface area contributed by atoms with Gasteiger partial charge in [0.2, 0.25) is 0 Å². The molecule has 0 radical (unpaired) electrons. The zero-order chi connectivity index (χ0) is 7.78. The van der Waals surface area contributed by atoms with Gasteiger partial charge in [-0.1, -0.05) is 0 Å². The highest BCUT2D eigenvalue weighted by molar-refractivity contribution is 4.87. The molecule has 0 spiro atoms. The Bertz CT molecular complexity index is 117. The molecule has 1 aliphatic rings. The van der Waals surface area contributed by atoms with Crippen LogP contribution in [0.25, 0.3) is 0 Å². The first-order valence-corrected chi connectivity index (χ1v) is 3.98. The predicted molar refractivity (Wildman–Crippen MR) is 41.6 cm³/mol. The normalized spacial score (nSPS) is 34.8. The minimum Gasteiger partial charge on any atom is -0.390 e. The summed E-state index contributed by atoms with van der Waals surface area (Å²) >= 11 is 0. The Morgan fingerprint density at radius 2 is 2.00 bits per heavy atom. The third kappa shape index (κ3) is 1.70. The Morgan fingerprint density at radius 3 is 2.20 bits per heavy atom. The smallest absolute Gasteiger partial charge is 0.0620 e. The molecule has 2 heteroatoms. The summed E-state index contributed by atoms with van der Waals surface area (Å²) in [5, 5.41) is 9.58. The van der Waals surface area contributed by atoms with Gasteiger partial charge in [0.15, 0.2) is 0 Å². The average molecular weight is 143 g/mol. The van der Waals surface area contributed by atoms with Crippen molar-refractivity contribution < 1.29 is 5.11 Å². The molecule has 0 saturated heterocycles. The Kier molecular flexibility index (Phi) is 2.02. The second kappa shape index (κ2) is 2.51. The standard InChI is InChI=1S/C8H17NO/c1-8(2,10)6-3-4-7(9)5-6/h6-7,10H,3-5,9H2,1-2H3/t6-,7-/m0/s1. The molecule has 1 rings (SSSR count). The number of hydrogen-bond acceptors (Lipinski definition) is 2. The van der Waals surface area contributed by atoms with E-state index in [4.69, 9.17) is 5.73 Å². The molecule has 2 nitrogen and oxygen atoms in total. The Hall–Kier alpha value is -0.0800. The van der Waals surface area contributed by atoms with E-state index in [1.165, 1.54) is 0 Å². The van der Waals surface area contributed by atoms with Gasteiger partial charge in [-0.25, -0.2) is 0 Å². The van der Waals surface area contributed by atoms with E-state index in [-0.39, 0.29) is 0 Å². The van der Waals surface area contributed by atoms with Crippen molar-refractivity contribution in [2.45, 2.75) is 44.8 Å². The Labute approximate surface area is 62.4 Å². The van der Waals surface area contributed by atoms with Crippen LogP contribution in [-0.2, 0) is 0 Å². The summed E-state index contributed by atoms with van der Waals surface area (Å²) in [7, 11) is 0. The van der Waals surface area contributed by atoms with E-state index in [1.807, 2.05) is 13.8 Å². The van der Waals surface area contributed by atoms with Gasteiger partial charge >= 0.3 is 0 Å². The third-order valence-electron chi connectivity index (χ3n) is 2.47. The summed E-state index contributed by atoms with van der Waals surface area (Å²) in [6.45, 7) is 3.74. The molecular formula is C8H17NO. The summed E-state index contributed by atoms with van der Waals surface area (Å²) in [5.41, 5.74) is 5.19. The lowest BCUT2D eigenvalue weighted by atomic mass is 9.90. The maximum atomic E-state index is 9.58. The molecule has 1 fully saturated rings. The minimum absolute atomic E-state index is 0.330. The fourth-order valence-electron chi connectivity index (χ4n) is 1.66. The van der Waals surface area contributed by atoms with Crippen LogP contribution in [0.15, 0.2) is 0 Å². The molecule has 0 amide bonds. The average Bonchev–Trinajstić information content (AvgIpc) is 2.11. The van der Waals surface area contributed by atoms with Gasteiger partial charge in [-0.3, -0.25) is 0 Å². The quantitative estimate of drug-likeness (QED) is 0.572. The summed E-state index contributed by atoms with van der Waals surface area (Å²) in [6.07, 6.45) is 3.16. The SMILES string of the molecule is CC(C)(O)[C@H]1CC[C@H](N)C1. The topological polar surface area (TPSA) is 46.2 Å². The Morgan fingerprint density at radius 1 is 1.40 bits per heavy atom. The van der Waals surface area contributed by atoms with Crippen molar-refractivity contribution in [3.05, 3.63) is 0 Å². The maximum absolute atomic E-state index is 9.58. The van der Waals surface area contributed by atoms with Crippen molar-refractivity contribution in [3.63, 3.8) is 0 Å². The summed E-state index contributed by atoms with van der Waals surface area (Å²) in [5.74, 6) is 0.419. The lowest BCUT2D eigenvalue weighted by Crippen LogP contribution is -2.30. The molecule has 0 bridgehead atoms. The molecule has 10 heavy (non-hydrogen) atoms. The fourth-order valence-corrected chi connectivity index (χ4v) is 1.66. The number of rotatable bonds is 1. The van der Waals surface area contributed by atoms with Crippen molar-refractivity contribution in [3.8, 4) is 0 Å². The van der Waals surface area contributed by atoms with E-state index in [9.17, 15) is 5.11 Å². The molecular weight excluding hydrogens is 126 g/mol. The van der Waals surface area contributed by atoms with E-state index < -0.39 is 5.60 Å². The molecule has 0 aromatic rings. The summed E-state index contributed by atoms with van der Waals surface area (Å²) in [4.78, 5) is 0. The molecule has 0 aromatic carbocycles. The van der Waals surface area contributed by atoms with Crippen LogP contribution in [0, 0.1) is 5.92 Å². The van der Waals surface area contributed by atoms with Crippen LogP contribution < -0.4 is 5.73 Å². The van der Waals surface area contributed by atoms with Gasteiger partial charge in [0.05, 0.1) is 5.60 Å². The molecule has 60 valence electrons. The molecule has 0 aromatic heterocycles. The molecule has 1 aliphatic carbocycles. The van der Waals surface area contributed by atoms with Crippen LogP contribution in [-0.4, -0.2) is 16.7 Å². The van der Waals surface area contributed by atoms with Gasteiger partial charge < -0.3 is 10.8 Å². The fraction of sp³-hybridized carbons (Fsp3) is 1.00. The first-order valence-electron chi connectivity index (χ1n) is 3.98. The van der Waals surface area contributed by atoms with Crippen LogP contribution >= 0.6 is 0 Å². The number of aliphatic hydroxyl groups is 1. The second-order valence-corrected chi connectivity index (χ2v) is 3.92. The van der Waals surface area contributed by atoms with Crippen molar-refractivity contribution in [2.24, 2.45) is 11.7 Å². The largest absolute Gasteiger partial charge is 0.390 e. The number of nitrogens with two attached hydrogens (primary N) is 1. The first-order chi connectivity index (χ1) is 4.50. The monoisotopic (exact) mass is 143 g/mol. The molecule has 0 unspecified atom stereocenters. The van der Waals surface area contributed by atoms with Crippen molar-refractivity contribution in [1.82, 2.24) is 0 Å². The van der Waals surface area contributed by atoms with Crippen LogP contribution in [0.3, 0.4) is 0 Å². The minimum atomic E-state index is -0.520. The second-order valence-electron chi connectivity index (χ2n) is 3.92. The molecule has 3 N–H and O–H groups in total. The van der Waals surface area contributed by atoms with E-state index in [0.717, 1.165) is 19.3 Å². The van der Waals surface area contributed by atoms with Gasteiger partial charge in [-0.2, -0.15) is 0 Å². The van der Waals surface area contributed by atoms with Crippen molar-refractivity contribution in [1.29, 1.82) is 0 Å². The lowest BCUT2D eigenvalue weighted by Gasteiger charge is -2.24. The summed E-state index contributed by atoms with van der Waals surface area (Å²) < 4.78 is 0.